The maximum absolute atomic E-state index is 11.9. The van der Waals surface area contributed by atoms with Gasteiger partial charge in [-0.15, -0.1) is 0 Å². The summed E-state index contributed by atoms with van der Waals surface area (Å²) in [5, 5.41) is 0. The first-order chi connectivity index (χ1) is 10.0. The van der Waals surface area contributed by atoms with Crippen LogP contribution in [0.4, 0.5) is 0 Å². The second kappa shape index (κ2) is 9.16. The molecule has 4 heteroatoms. The standard InChI is InChI=1S/C17H24O4/c1-4-10-20-16(18)14-8-5-9-15(12-14)17(19)21-11-6-7-13(2)3/h5,8-9,12-13H,4,6-7,10-11H2,1-3H3. The third kappa shape index (κ3) is 6.43. The number of hydrogen-bond donors (Lipinski definition) is 0. The quantitative estimate of drug-likeness (QED) is 0.539. The van der Waals surface area contributed by atoms with Crippen molar-refractivity contribution in [3.05, 3.63) is 35.4 Å². The third-order valence-electron chi connectivity index (χ3n) is 2.93. The van der Waals surface area contributed by atoms with Gasteiger partial charge in [-0.2, -0.15) is 0 Å². The van der Waals surface area contributed by atoms with Gasteiger partial charge in [-0.25, -0.2) is 9.59 Å². The fourth-order valence-corrected chi connectivity index (χ4v) is 1.79. The van der Waals surface area contributed by atoms with Crippen LogP contribution in [-0.4, -0.2) is 25.2 Å². The molecule has 0 fully saturated rings. The maximum Gasteiger partial charge on any atom is 0.338 e. The van der Waals surface area contributed by atoms with Crippen molar-refractivity contribution in [3.8, 4) is 0 Å². The van der Waals surface area contributed by atoms with Crippen molar-refractivity contribution >= 4 is 11.9 Å². The predicted octanol–water partition coefficient (Wildman–Crippen LogP) is 3.85. The minimum atomic E-state index is -0.411. The Bertz CT molecular complexity index is 466. The second-order valence-electron chi connectivity index (χ2n) is 5.39. The zero-order valence-electron chi connectivity index (χ0n) is 13.1. The maximum atomic E-state index is 11.9. The zero-order valence-corrected chi connectivity index (χ0v) is 13.1. The topological polar surface area (TPSA) is 52.6 Å². The molecule has 0 aliphatic rings. The molecule has 0 heterocycles. The lowest BCUT2D eigenvalue weighted by atomic mass is 10.1. The lowest BCUT2D eigenvalue weighted by molar-refractivity contribution is 0.0494. The van der Waals surface area contributed by atoms with Gasteiger partial charge in [0.1, 0.15) is 0 Å². The van der Waals surface area contributed by atoms with Crippen molar-refractivity contribution in [2.45, 2.75) is 40.0 Å². The van der Waals surface area contributed by atoms with Crippen molar-refractivity contribution in [2.75, 3.05) is 13.2 Å². The molecule has 0 atom stereocenters. The summed E-state index contributed by atoms with van der Waals surface area (Å²) in [6.45, 7) is 6.98. The van der Waals surface area contributed by atoms with E-state index in [0.717, 1.165) is 19.3 Å². The van der Waals surface area contributed by atoms with Gasteiger partial charge in [-0.3, -0.25) is 0 Å². The number of carbonyl (C=O) groups excluding carboxylic acids is 2. The summed E-state index contributed by atoms with van der Waals surface area (Å²) in [6.07, 6.45) is 2.64. The number of carbonyl (C=O) groups is 2. The Kier molecular flexibility index (Phi) is 7.51. The molecule has 0 saturated carbocycles. The van der Waals surface area contributed by atoms with E-state index in [2.05, 4.69) is 13.8 Å². The Morgan fingerprint density at radius 2 is 1.62 bits per heavy atom. The average Bonchev–Trinajstić information content (AvgIpc) is 2.48. The normalized spacial score (nSPS) is 10.5. The van der Waals surface area contributed by atoms with Gasteiger partial charge in [-0.1, -0.05) is 26.8 Å². The van der Waals surface area contributed by atoms with E-state index in [1.54, 1.807) is 18.2 Å². The smallest absolute Gasteiger partial charge is 0.338 e. The Morgan fingerprint density at radius 3 is 2.14 bits per heavy atom. The Labute approximate surface area is 126 Å². The van der Waals surface area contributed by atoms with Gasteiger partial charge in [-0.05, 0) is 43.4 Å². The summed E-state index contributed by atoms with van der Waals surface area (Å²) in [6, 6.07) is 6.45. The summed E-state index contributed by atoms with van der Waals surface area (Å²) in [5.41, 5.74) is 0.755. The van der Waals surface area contributed by atoms with Crippen LogP contribution in [0.3, 0.4) is 0 Å². The molecule has 0 amide bonds. The highest BCUT2D eigenvalue weighted by Gasteiger charge is 2.12. The van der Waals surface area contributed by atoms with Gasteiger partial charge in [0.15, 0.2) is 0 Å². The fourth-order valence-electron chi connectivity index (χ4n) is 1.79. The molecule has 0 unspecified atom stereocenters. The summed E-state index contributed by atoms with van der Waals surface area (Å²) < 4.78 is 10.2. The fraction of sp³-hybridized carbons (Fsp3) is 0.529. The number of benzene rings is 1. The van der Waals surface area contributed by atoms with Crippen molar-refractivity contribution in [3.63, 3.8) is 0 Å². The molecule has 0 N–H and O–H groups in total. The lowest BCUT2D eigenvalue weighted by Gasteiger charge is -2.08. The summed E-state index contributed by atoms with van der Waals surface area (Å²) in [5.74, 6) is -0.212. The lowest BCUT2D eigenvalue weighted by Crippen LogP contribution is -2.10. The minimum absolute atomic E-state index is 0.375. The van der Waals surface area contributed by atoms with Gasteiger partial charge in [0.05, 0.1) is 24.3 Å². The summed E-state index contributed by atoms with van der Waals surface area (Å²) in [4.78, 5) is 23.6. The summed E-state index contributed by atoms with van der Waals surface area (Å²) in [7, 11) is 0. The Morgan fingerprint density at radius 1 is 1.05 bits per heavy atom. The minimum Gasteiger partial charge on any atom is -0.462 e. The predicted molar refractivity (Wildman–Crippen MR) is 81.4 cm³/mol. The highest BCUT2D eigenvalue weighted by molar-refractivity contribution is 5.95. The zero-order chi connectivity index (χ0) is 15.7. The van der Waals surface area contributed by atoms with Crippen LogP contribution in [0.5, 0.6) is 0 Å². The van der Waals surface area contributed by atoms with Gasteiger partial charge in [0, 0.05) is 0 Å². The molecule has 0 bridgehead atoms. The van der Waals surface area contributed by atoms with Gasteiger partial charge in [0.2, 0.25) is 0 Å². The Hall–Kier alpha value is -1.84. The van der Waals surface area contributed by atoms with E-state index in [1.165, 1.54) is 6.07 Å². The van der Waals surface area contributed by atoms with E-state index in [0.29, 0.717) is 30.3 Å². The molecule has 0 aliphatic heterocycles. The molecule has 4 nitrogen and oxygen atoms in total. The number of ether oxygens (including phenoxy) is 2. The van der Waals surface area contributed by atoms with E-state index < -0.39 is 11.9 Å². The highest BCUT2D eigenvalue weighted by Crippen LogP contribution is 2.10. The molecule has 0 spiro atoms. The molecule has 1 rings (SSSR count). The van der Waals surface area contributed by atoms with Crippen LogP contribution in [0.2, 0.25) is 0 Å². The molecule has 1 aromatic rings. The van der Waals surface area contributed by atoms with E-state index in [-0.39, 0.29) is 0 Å². The molecule has 0 saturated heterocycles. The second-order valence-corrected chi connectivity index (χ2v) is 5.39. The van der Waals surface area contributed by atoms with E-state index >= 15 is 0 Å². The Balaban J connectivity index is 2.54. The third-order valence-corrected chi connectivity index (χ3v) is 2.93. The molecule has 116 valence electrons. The SMILES string of the molecule is CCCOC(=O)c1cccc(C(=O)OCCCC(C)C)c1. The van der Waals surface area contributed by atoms with Crippen LogP contribution in [0.25, 0.3) is 0 Å². The molecule has 1 aromatic carbocycles. The van der Waals surface area contributed by atoms with Crippen molar-refractivity contribution in [1.82, 2.24) is 0 Å². The highest BCUT2D eigenvalue weighted by atomic mass is 16.5. The number of esters is 2. The molecule has 0 aliphatic carbocycles. The monoisotopic (exact) mass is 292 g/mol. The van der Waals surface area contributed by atoms with Crippen LogP contribution in [0.15, 0.2) is 24.3 Å². The van der Waals surface area contributed by atoms with Gasteiger partial charge >= 0.3 is 11.9 Å². The molecule has 0 aromatic heterocycles. The van der Waals surface area contributed by atoms with Crippen LogP contribution in [-0.2, 0) is 9.47 Å². The van der Waals surface area contributed by atoms with Crippen molar-refractivity contribution in [2.24, 2.45) is 5.92 Å². The largest absolute Gasteiger partial charge is 0.462 e. The van der Waals surface area contributed by atoms with Crippen molar-refractivity contribution < 1.29 is 19.1 Å². The summed E-state index contributed by atoms with van der Waals surface area (Å²) >= 11 is 0. The van der Waals surface area contributed by atoms with Crippen LogP contribution < -0.4 is 0 Å². The van der Waals surface area contributed by atoms with E-state index in [4.69, 9.17) is 9.47 Å². The average molecular weight is 292 g/mol. The first-order valence-corrected chi connectivity index (χ1v) is 7.49. The van der Waals surface area contributed by atoms with Crippen LogP contribution in [0.1, 0.15) is 60.7 Å². The van der Waals surface area contributed by atoms with E-state index in [9.17, 15) is 9.59 Å². The number of rotatable bonds is 8. The van der Waals surface area contributed by atoms with E-state index in [1.807, 2.05) is 6.92 Å². The first kappa shape index (κ1) is 17.2. The van der Waals surface area contributed by atoms with Gasteiger partial charge < -0.3 is 9.47 Å². The molecule has 21 heavy (non-hydrogen) atoms. The van der Waals surface area contributed by atoms with Crippen molar-refractivity contribution in [1.29, 1.82) is 0 Å². The molecule has 0 radical (unpaired) electrons. The molecular formula is C17H24O4. The first-order valence-electron chi connectivity index (χ1n) is 7.49. The van der Waals surface area contributed by atoms with Crippen LogP contribution >= 0.6 is 0 Å². The van der Waals surface area contributed by atoms with Gasteiger partial charge in [0.25, 0.3) is 0 Å². The van der Waals surface area contributed by atoms with Crippen LogP contribution in [0, 0.1) is 5.92 Å². The molecular weight excluding hydrogens is 268 g/mol. The number of hydrogen-bond acceptors (Lipinski definition) is 4.